The van der Waals surface area contributed by atoms with Crippen molar-refractivity contribution in [2.24, 2.45) is 0 Å². The summed E-state index contributed by atoms with van der Waals surface area (Å²) < 4.78 is 1.98. The van der Waals surface area contributed by atoms with Crippen molar-refractivity contribution in [3.63, 3.8) is 0 Å². The van der Waals surface area contributed by atoms with Gasteiger partial charge in [0.25, 0.3) is 0 Å². The van der Waals surface area contributed by atoms with Gasteiger partial charge in [0.1, 0.15) is 5.82 Å². The first kappa shape index (κ1) is 10.7. The number of pyridine rings is 1. The highest BCUT2D eigenvalue weighted by atomic mass is 15.3. The summed E-state index contributed by atoms with van der Waals surface area (Å²) in [5.74, 6) is 0.936. The van der Waals surface area contributed by atoms with Crippen LogP contribution in [0.5, 0.6) is 0 Å². The third kappa shape index (κ3) is 2.21. The summed E-state index contributed by atoms with van der Waals surface area (Å²) in [6.07, 6.45) is 3.62. The minimum atomic E-state index is 0.756. The summed E-state index contributed by atoms with van der Waals surface area (Å²) in [6, 6.07) is 6.01. The smallest absolute Gasteiger partial charge is 0.129 e. The number of hydrogen-bond acceptors (Lipinski definition) is 3. The van der Waals surface area contributed by atoms with E-state index in [1.54, 1.807) is 6.20 Å². The first-order valence-electron chi connectivity index (χ1n) is 5.47. The summed E-state index contributed by atoms with van der Waals surface area (Å²) in [4.78, 5) is 4.29. The van der Waals surface area contributed by atoms with Crippen molar-refractivity contribution < 1.29 is 0 Å². The van der Waals surface area contributed by atoms with E-state index in [4.69, 9.17) is 0 Å². The van der Waals surface area contributed by atoms with E-state index in [0.717, 1.165) is 24.5 Å². The van der Waals surface area contributed by atoms with Crippen LogP contribution < -0.4 is 5.32 Å². The number of rotatable bonds is 4. The predicted molar refractivity (Wildman–Crippen MR) is 64.2 cm³/mol. The molecule has 2 aromatic heterocycles. The van der Waals surface area contributed by atoms with Gasteiger partial charge in [0.05, 0.1) is 12.2 Å². The lowest BCUT2D eigenvalue weighted by Crippen LogP contribution is -2.09. The lowest BCUT2D eigenvalue weighted by atomic mass is 10.3. The third-order valence-corrected chi connectivity index (χ3v) is 2.55. The second kappa shape index (κ2) is 4.79. The highest BCUT2D eigenvalue weighted by Gasteiger charge is 2.02. The van der Waals surface area contributed by atoms with Crippen LogP contribution in [0.1, 0.15) is 18.2 Å². The van der Waals surface area contributed by atoms with E-state index in [2.05, 4.69) is 22.3 Å². The molecule has 0 saturated carbocycles. The zero-order valence-electron chi connectivity index (χ0n) is 9.64. The van der Waals surface area contributed by atoms with E-state index in [1.807, 2.05) is 36.0 Å². The van der Waals surface area contributed by atoms with Crippen LogP contribution in [0, 0.1) is 6.92 Å². The van der Waals surface area contributed by atoms with Gasteiger partial charge >= 0.3 is 0 Å². The number of nitrogens with zero attached hydrogens (tertiary/aromatic N) is 3. The van der Waals surface area contributed by atoms with Crippen LogP contribution in [0.2, 0.25) is 0 Å². The Hall–Kier alpha value is -1.84. The van der Waals surface area contributed by atoms with Crippen molar-refractivity contribution in [3.05, 3.63) is 41.9 Å². The summed E-state index contributed by atoms with van der Waals surface area (Å²) in [6.45, 7) is 5.78. The van der Waals surface area contributed by atoms with Crippen LogP contribution in [0.3, 0.4) is 0 Å². The lowest BCUT2D eigenvalue weighted by molar-refractivity contribution is 0.627. The molecule has 0 atom stereocenters. The van der Waals surface area contributed by atoms with E-state index in [9.17, 15) is 0 Å². The molecule has 4 nitrogen and oxygen atoms in total. The Balaban J connectivity index is 2.05. The fourth-order valence-corrected chi connectivity index (χ4v) is 1.64. The molecular formula is C12H16N4. The van der Waals surface area contributed by atoms with E-state index >= 15 is 0 Å². The Morgan fingerprint density at radius 2 is 2.19 bits per heavy atom. The lowest BCUT2D eigenvalue weighted by Gasteiger charge is -2.09. The van der Waals surface area contributed by atoms with Gasteiger partial charge in [-0.1, -0.05) is 6.07 Å². The second-order valence-electron chi connectivity index (χ2n) is 3.66. The molecule has 84 valence electrons. The molecule has 1 N–H and O–H groups in total. The highest BCUT2D eigenvalue weighted by molar-refractivity contribution is 5.42. The Morgan fingerprint density at radius 3 is 2.94 bits per heavy atom. The molecule has 0 saturated heterocycles. The molecule has 0 bridgehead atoms. The van der Waals surface area contributed by atoms with Gasteiger partial charge in [-0.05, 0) is 31.5 Å². The first-order chi connectivity index (χ1) is 7.81. The largest absolute Gasteiger partial charge is 0.364 e. The fourth-order valence-electron chi connectivity index (χ4n) is 1.64. The maximum Gasteiger partial charge on any atom is 0.129 e. The number of aromatic nitrogens is 3. The van der Waals surface area contributed by atoms with Crippen molar-refractivity contribution in [3.8, 4) is 0 Å². The van der Waals surface area contributed by atoms with Gasteiger partial charge in [0, 0.05) is 18.9 Å². The van der Waals surface area contributed by atoms with Crippen LogP contribution in [0.4, 0.5) is 5.82 Å². The number of hydrogen-bond donors (Lipinski definition) is 1. The Kier molecular flexibility index (Phi) is 3.19. The van der Waals surface area contributed by atoms with Crippen LogP contribution in [-0.4, -0.2) is 14.8 Å². The quantitative estimate of drug-likeness (QED) is 0.852. The maximum absolute atomic E-state index is 4.29. The van der Waals surface area contributed by atoms with Gasteiger partial charge < -0.3 is 5.32 Å². The van der Waals surface area contributed by atoms with Crippen LogP contribution in [0.25, 0.3) is 0 Å². The highest BCUT2D eigenvalue weighted by Crippen LogP contribution is 2.10. The molecule has 2 rings (SSSR count). The van der Waals surface area contributed by atoms with Crippen LogP contribution >= 0.6 is 0 Å². The molecule has 0 amide bonds. The molecule has 0 aliphatic carbocycles. The van der Waals surface area contributed by atoms with Crippen molar-refractivity contribution >= 4 is 5.82 Å². The molecule has 0 fully saturated rings. The molecule has 0 aliphatic heterocycles. The number of nitrogens with one attached hydrogen (secondary N) is 1. The van der Waals surface area contributed by atoms with Crippen molar-refractivity contribution in [2.75, 3.05) is 5.32 Å². The molecule has 0 aliphatic rings. The second-order valence-corrected chi connectivity index (χ2v) is 3.66. The predicted octanol–water partition coefficient (Wildman–Crippen LogP) is 2.22. The molecule has 0 radical (unpaired) electrons. The van der Waals surface area contributed by atoms with Gasteiger partial charge in [0.2, 0.25) is 0 Å². The molecule has 2 aromatic rings. The minimum Gasteiger partial charge on any atom is -0.364 e. The average molecular weight is 216 g/mol. The summed E-state index contributed by atoms with van der Waals surface area (Å²) in [5, 5.41) is 7.54. The van der Waals surface area contributed by atoms with Crippen LogP contribution in [0.15, 0.2) is 30.6 Å². The zero-order chi connectivity index (χ0) is 11.4. The third-order valence-electron chi connectivity index (χ3n) is 2.55. The maximum atomic E-state index is 4.29. The number of anilines is 1. The number of aryl methyl sites for hydroxylation is 2. The first-order valence-corrected chi connectivity index (χ1v) is 5.47. The van der Waals surface area contributed by atoms with Crippen molar-refractivity contribution in [2.45, 2.75) is 26.9 Å². The molecule has 0 aromatic carbocycles. The molecule has 4 heteroatoms. The minimum absolute atomic E-state index is 0.756. The van der Waals surface area contributed by atoms with Crippen molar-refractivity contribution in [1.82, 2.24) is 14.8 Å². The monoisotopic (exact) mass is 216 g/mol. The summed E-state index contributed by atoms with van der Waals surface area (Å²) in [5.41, 5.74) is 2.33. The van der Waals surface area contributed by atoms with Crippen LogP contribution in [-0.2, 0) is 13.1 Å². The van der Waals surface area contributed by atoms with Gasteiger partial charge in [-0.2, -0.15) is 5.10 Å². The standard InChI is InChI=1S/C12H16N4/c1-3-16-11(6-8-15-16)9-14-12-10(2)5-4-7-13-12/h4-8H,3,9H2,1-2H3,(H,13,14). The van der Waals surface area contributed by atoms with Gasteiger partial charge in [-0.15, -0.1) is 0 Å². The van der Waals surface area contributed by atoms with E-state index in [1.165, 1.54) is 5.69 Å². The molecule has 0 spiro atoms. The fraction of sp³-hybridized carbons (Fsp3) is 0.333. The Bertz CT molecular complexity index is 462. The van der Waals surface area contributed by atoms with E-state index in [-0.39, 0.29) is 0 Å². The van der Waals surface area contributed by atoms with E-state index < -0.39 is 0 Å². The molecule has 16 heavy (non-hydrogen) atoms. The molecule has 0 unspecified atom stereocenters. The SMILES string of the molecule is CCn1nccc1CNc1ncccc1C. The normalized spacial score (nSPS) is 10.4. The summed E-state index contributed by atoms with van der Waals surface area (Å²) in [7, 11) is 0. The Morgan fingerprint density at radius 1 is 1.31 bits per heavy atom. The topological polar surface area (TPSA) is 42.7 Å². The van der Waals surface area contributed by atoms with E-state index in [0.29, 0.717) is 0 Å². The summed E-state index contributed by atoms with van der Waals surface area (Å²) >= 11 is 0. The van der Waals surface area contributed by atoms with Gasteiger partial charge in [0.15, 0.2) is 0 Å². The Labute approximate surface area is 95.3 Å². The van der Waals surface area contributed by atoms with Gasteiger partial charge in [-0.25, -0.2) is 4.98 Å². The van der Waals surface area contributed by atoms with Gasteiger partial charge in [-0.3, -0.25) is 4.68 Å². The average Bonchev–Trinajstić information content (AvgIpc) is 2.75. The van der Waals surface area contributed by atoms with Crippen molar-refractivity contribution in [1.29, 1.82) is 0 Å². The zero-order valence-corrected chi connectivity index (χ0v) is 9.64. The molecule has 2 heterocycles. The molecular weight excluding hydrogens is 200 g/mol.